The van der Waals surface area contributed by atoms with Gasteiger partial charge in [-0.3, -0.25) is 9.71 Å². The number of nitrogens with zero attached hydrogens (tertiary/aromatic N) is 1. The fraction of sp³-hybridized carbons (Fsp3) is 0.409. The number of hydrogen-bond acceptors (Lipinski definition) is 4. The average Bonchev–Trinajstić information content (AvgIpc) is 2.67. The van der Waals surface area contributed by atoms with Gasteiger partial charge in [0.05, 0.1) is 4.90 Å². The van der Waals surface area contributed by atoms with E-state index in [9.17, 15) is 8.42 Å². The Labute approximate surface area is 168 Å². The molecule has 0 amide bonds. The summed E-state index contributed by atoms with van der Waals surface area (Å²) in [6.07, 6.45) is 8.69. The van der Waals surface area contributed by atoms with Crippen molar-refractivity contribution in [1.29, 1.82) is 0 Å². The Bertz CT molecular complexity index is 864. The highest BCUT2D eigenvalue weighted by molar-refractivity contribution is 7.92. The highest BCUT2D eigenvalue weighted by Crippen LogP contribution is 2.20. The van der Waals surface area contributed by atoms with E-state index in [2.05, 4.69) is 16.6 Å². The SMILES string of the molecule is CCCCCCCCN=COc1cccc(S(=O)(=O)Nc2cccc(C)c2)c1. The van der Waals surface area contributed by atoms with E-state index < -0.39 is 10.0 Å². The average molecular weight is 403 g/mol. The number of aryl methyl sites for hydroxylation is 1. The van der Waals surface area contributed by atoms with Gasteiger partial charge in [0.2, 0.25) is 0 Å². The molecule has 6 heteroatoms. The van der Waals surface area contributed by atoms with E-state index in [4.69, 9.17) is 4.74 Å². The molecule has 0 heterocycles. The molecule has 0 aliphatic rings. The molecule has 0 unspecified atom stereocenters. The molecule has 0 saturated carbocycles. The van der Waals surface area contributed by atoms with Gasteiger partial charge in [0, 0.05) is 18.3 Å². The molecule has 0 bridgehead atoms. The van der Waals surface area contributed by atoms with Crippen molar-refractivity contribution < 1.29 is 13.2 Å². The molecular weight excluding hydrogens is 372 g/mol. The second kappa shape index (κ2) is 11.5. The fourth-order valence-corrected chi connectivity index (χ4v) is 3.86. The number of rotatable bonds is 12. The van der Waals surface area contributed by atoms with E-state index >= 15 is 0 Å². The number of sulfonamides is 1. The number of ether oxygens (including phenoxy) is 1. The fourth-order valence-electron chi connectivity index (χ4n) is 2.77. The maximum absolute atomic E-state index is 12.6. The summed E-state index contributed by atoms with van der Waals surface area (Å²) in [5.41, 5.74) is 1.52. The minimum atomic E-state index is -3.68. The Kier molecular flexibility index (Phi) is 9.01. The zero-order valence-electron chi connectivity index (χ0n) is 16.7. The smallest absolute Gasteiger partial charge is 0.262 e. The summed E-state index contributed by atoms with van der Waals surface area (Å²) in [6, 6.07) is 13.6. The Balaban J connectivity index is 1.86. The normalized spacial score (nSPS) is 11.6. The van der Waals surface area contributed by atoms with Crippen LogP contribution in [0, 0.1) is 6.92 Å². The zero-order valence-corrected chi connectivity index (χ0v) is 17.5. The summed E-state index contributed by atoms with van der Waals surface area (Å²) in [6.45, 7) is 4.84. The van der Waals surface area contributed by atoms with E-state index in [0.717, 1.165) is 18.5 Å². The third-order valence-electron chi connectivity index (χ3n) is 4.29. The second-order valence-electron chi connectivity index (χ2n) is 6.85. The van der Waals surface area contributed by atoms with Gasteiger partial charge in [-0.25, -0.2) is 8.42 Å². The molecule has 0 radical (unpaired) electrons. The first kappa shape index (κ1) is 22.0. The van der Waals surface area contributed by atoms with E-state index in [1.54, 1.807) is 30.3 Å². The molecule has 2 aromatic carbocycles. The van der Waals surface area contributed by atoms with Crippen LogP contribution in [0.3, 0.4) is 0 Å². The van der Waals surface area contributed by atoms with Crippen LogP contribution in [0.4, 0.5) is 5.69 Å². The van der Waals surface area contributed by atoms with Crippen molar-refractivity contribution in [2.45, 2.75) is 57.3 Å². The van der Waals surface area contributed by atoms with Crippen molar-refractivity contribution in [2.24, 2.45) is 4.99 Å². The predicted molar refractivity (Wildman–Crippen MR) is 116 cm³/mol. The van der Waals surface area contributed by atoms with Gasteiger partial charge in [-0.1, -0.05) is 57.2 Å². The van der Waals surface area contributed by atoms with Crippen LogP contribution in [-0.4, -0.2) is 21.4 Å². The predicted octanol–water partition coefficient (Wildman–Crippen LogP) is 5.56. The van der Waals surface area contributed by atoms with Crippen LogP contribution >= 0.6 is 0 Å². The summed E-state index contributed by atoms with van der Waals surface area (Å²) in [4.78, 5) is 4.39. The lowest BCUT2D eigenvalue weighted by atomic mass is 10.1. The summed E-state index contributed by atoms with van der Waals surface area (Å²) in [7, 11) is -3.68. The molecule has 2 aromatic rings. The van der Waals surface area contributed by atoms with Crippen molar-refractivity contribution in [3.63, 3.8) is 0 Å². The van der Waals surface area contributed by atoms with Crippen LogP contribution in [0.5, 0.6) is 5.75 Å². The molecule has 152 valence electrons. The molecule has 2 rings (SSSR count). The summed E-state index contributed by atoms with van der Waals surface area (Å²) in [5.74, 6) is 0.443. The third kappa shape index (κ3) is 7.72. The monoisotopic (exact) mass is 402 g/mol. The summed E-state index contributed by atoms with van der Waals surface area (Å²) < 4.78 is 33.2. The van der Waals surface area contributed by atoms with Crippen LogP contribution in [-0.2, 0) is 10.0 Å². The molecule has 1 N–H and O–H groups in total. The van der Waals surface area contributed by atoms with Gasteiger partial charge in [0.1, 0.15) is 5.75 Å². The van der Waals surface area contributed by atoms with E-state index in [1.807, 2.05) is 19.1 Å². The first-order valence-corrected chi connectivity index (χ1v) is 11.3. The Morgan fingerprint density at radius 3 is 2.54 bits per heavy atom. The lowest BCUT2D eigenvalue weighted by molar-refractivity contribution is 0.561. The van der Waals surface area contributed by atoms with Gasteiger partial charge in [-0.15, -0.1) is 0 Å². The Morgan fingerprint density at radius 1 is 1.00 bits per heavy atom. The molecule has 0 aliphatic carbocycles. The van der Waals surface area contributed by atoms with Gasteiger partial charge < -0.3 is 4.74 Å². The molecule has 0 aromatic heterocycles. The van der Waals surface area contributed by atoms with Crippen molar-refractivity contribution in [3.05, 3.63) is 54.1 Å². The molecule has 0 aliphatic heterocycles. The van der Waals surface area contributed by atoms with Crippen LogP contribution in [0.2, 0.25) is 0 Å². The van der Waals surface area contributed by atoms with E-state index in [1.165, 1.54) is 44.6 Å². The second-order valence-corrected chi connectivity index (χ2v) is 8.53. The molecule has 0 spiro atoms. The third-order valence-corrected chi connectivity index (χ3v) is 5.67. The van der Waals surface area contributed by atoms with Crippen molar-refractivity contribution >= 4 is 22.1 Å². The number of nitrogens with one attached hydrogen (secondary N) is 1. The van der Waals surface area contributed by atoms with E-state index in [-0.39, 0.29) is 4.90 Å². The van der Waals surface area contributed by atoms with Gasteiger partial charge in [0.25, 0.3) is 10.0 Å². The maximum Gasteiger partial charge on any atom is 0.262 e. The van der Waals surface area contributed by atoms with Crippen molar-refractivity contribution in [3.8, 4) is 5.75 Å². The van der Waals surface area contributed by atoms with Crippen LogP contribution in [0.15, 0.2) is 58.4 Å². The molecule has 0 atom stereocenters. The standard InChI is InChI=1S/C22H30N2O3S/c1-3-4-5-6-7-8-15-23-18-27-21-13-10-14-22(17-21)28(25,26)24-20-12-9-11-19(2)16-20/h9-14,16-18,24H,3-8,15H2,1-2H3. The lowest BCUT2D eigenvalue weighted by Crippen LogP contribution is -2.13. The summed E-state index contributed by atoms with van der Waals surface area (Å²) in [5, 5.41) is 0. The molecular formula is C22H30N2O3S. The number of hydrogen-bond donors (Lipinski definition) is 1. The van der Waals surface area contributed by atoms with Crippen LogP contribution in [0.1, 0.15) is 51.0 Å². The number of anilines is 1. The Hall–Kier alpha value is -2.34. The number of benzene rings is 2. The van der Waals surface area contributed by atoms with Gasteiger partial charge >= 0.3 is 0 Å². The maximum atomic E-state index is 12.6. The molecule has 5 nitrogen and oxygen atoms in total. The highest BCUT2D eigenvalue weighted by Gasteiger charge is 2.15. The molecule has 28 heavy (non-hydrogen) atoms. The van der Waals surface area contributed by atoms with Gasteiger partial charge in [0.15, 0.2) is 6.40 Å². The largest absolute Gasteiger partial charge is 0.446 e. The van der Waals surface area contributed by atoms with Crippen LogP contribution in [0.25, 0.3) is 0 Å². The van der Waals surface area contributed by atoms with Crippen molar-refractivity contribution in [1.82, 2.24) is 0 Å². The van der Waals surface area contributed by atoms with E-state index in [0.29, 0.717) is 11.4 Å². The lowest BCUT2D eigenvalue weighted by Gasteiger charge is -2.09. The number of unbranched alkanes of at least 4 members (excludes halogenated alkanes) is 5. The minimum Gasteiger partial charge on any atom is -0.446 e. The van der Waals surface area contributed by atoms with Gasteiger partial charge in [-0.2, -0.15) is 0 Å². The molecule has 0 saturated heterocycles. The quantitative estimate of drug-likeness (QED) is 0.287. The molecule has 0 fully saturated rings. The highest BCUT2D eigenvalue weighted by atomic mass is 32.2. The zero-order chi connectivity index (χ0) is 20.2. The first-order valence-electron chi connectivity index (χ1n) is 9.86. The van der Waals surface area contributed by atoms with Crippen molar-refractivity contribution in [2.75, 3.05) is 11.3 Å². The first-order chi connectivity index (χ1) is 13.5. The van der Waals surface area contributed by atoms with Crippen LogP contribution < -0.4 is 9.46 Å². The summed E-state index contributed by atoms with van der Waals surface area (Å²) >= 11 is 0. The minimum absolute atomic E-state index is 0.149. The topological polar surface area (TPSA) is 67.8 Å². The number of aliphatic imine (C=N–C) groups is 1. The Morgan fingerprint density at radius 2 is 1.75 bits per heavy atom. The van der Waals surface area contributed by atoms with Gasteiger partial charge in [-0.05, 0) is 43.2 Å².